The smallest absolute Gasteiger partial charge is 0.331 e. The lowest BCUT2D eigenvalue weighted by molar-refractivity contribution is -0.146. The molecule has 1 N–H and O–H groups in total. The van der Waals surface area contributed by atoms with Gasteiger partial charge in [0.05, 0.1) is 0 Å². The number of benzene rings is 1. The molecule has 0 atom stereocenters. The monoisotopic (exact) mass is 392 g/mol. The van der Waals surface area contributed by atoms with Gasteiger partial charge in [-0.2, -0.15) is 0 Å². The summed E-state index contributed by atoms with van der Waals surface area (Å²) in [6, 6.07) is 5.29. The molecule has 0 saturated heterocycles. The molecule has 2 rings (SSSR count). The highest BCUT2D eigenvalue weighted by atomic mass is 127. The summed E-state index contributed by atoms with van der Waals surface area (Å²) in [5.74, 6) is -0.641. The molecule has 0 bridgehead atoms. The van der Waals surface area contributed by atoms with Gasteiger partial charge in [0.25, 0.3) is 0 Å². The molecule has 19 heavy (non-hydrogen) atoms. The van der Waals surface area contributed by atoms with Crippen LogP contribution in [0.15, 0.2) is 18.2 Å². The summed E-state index contributed by atoms with van der Waals surface area (Å²) >= 11 is 8.09. The zero-order chi connectivity index (χ0) is 14.2. The fraction of sp³-hybridized carbons (Fsp3) is 0.273. The Labute approximate surface area is 127 Å². The maximum atomic E-state index is 11.3. The van der Waals surface area contributed by atoms with E-state index in [-0.39, 0.29) is 0 Å². The molecule has 0 saturated carbocycles. The van der Waals surface area contributed by atoms with Crippen LogP contribution in [0.4, 0.5) is 0 Å². The van der Waals surface area contributed by atoms with E-state index in [1.165, 1.54) is 18.5 Å². The van der Waals surface area contributed by atoms with Gasteiger partial charge in [0.2, 0.25) is 0 Å². The van der Waals surface area contributed by atoms with Crippen molar-refractivity contribution < 1.29 is 9.90 Å². The van der Waals surface area contributed by atoms with Crippen LogP contribution >= 0.6 is 34.2 Å². The number of nitrogens with zero attached hydrogens (tertiary/aromatic N) is 4. The molecule has 1 heterocycles. The lowest BCUT2D eigenvalue weighted by Crippen LogP contribution is -2.37. The van der Waals surface area contributed by atoms with Crippen LogP contribution in [0.3, 0.4) is 0 Å². The second kappa shape index (κ2) is 5.04. The Morgan fingerprint density at radius 1 is 1.47 bits per heavy atom. The van der Waals surface area contributed by atoms with Gasteiger partial charge in [-0.25, -0.2) is 9.48 Å². The number of carboxylic acid groups (broad SMARTS) is 1. The summed E-state index contributed by atoms with van der Waals surface area (Å²) < 4.78 is 2.17. The van der Waals surface area contributed by atoms with Gasteiger partial charge in [0.1, 0.15) is 0 Å². The van der Waals surface area contributed by atoms with Crippen molar-refractivity contribution in [2.24, 2.45) is 0 Å². The molecule has 8 heteroatoms. The third-order valence-corrected chi connectivity index (χ3v) is 3.87. The summed E-state index contributed by atoms with van der Waals surface area (Å²) in [7, 11) is 0. The van der Waals surface area contributed by atoms with E-state index in [9.17, 15) is 9.90 Å². The van der Waals surface area contributed by atoms with Crippen molar-refractivity contribution in [2.45, 2.75) is 19.4 Å². The topological polar surface area (TPSA) is 80.9 Å². The number of rotatable bonds is 3. The Morgan fingerprint density at radius 2 is 2.16 bits per heavy atom. The van der Waals surface area contributed by atoms with E-state index in [1.54, 1.807) is 12.1 Å². The van der Waals surface area contributed by atoms with Crippen LogP contribution in [0.1, 0.15) is 13.8 Å². The summed E-state index contributed by atoms with van der Waals surface area (Å²) in [4.78, 5) is 11.3. The lowest BCUT2D eigenvalue weighted by Gasteiger charge is -2.20. The minimum absolute atomic E-state index is 0.374. The molecule has 0 fully saturated rings. The van der Waals surface area contributed by atoms with Gasteiger partial charge >= 0.3 is 5.97 Å². The highest BCUT2D eigenvalue weighted by Crippen LogP contribution is 2.29. The first-order valence-corrected chi connectivity index (χ1v) is 6.77. The molecule has 0 unspecified atom stereocenters. The number of aliphatic carboxylic acids is 1. The van der Waals surface area contributed by atoms with Gasteiger partial charge in [-0.1, -0.05) is 11.6 Å². The van der Waals surface area contributed by atoms with Gasteiger partial charge in [-0.3, -0.25) is 0 Å². The van der Waals surface area contributed by atoms with E-state index in [0.717, 1.165) is 3.57 Å². The molecule has 0 spiro atoms. The molecule has 0 radical (unpaired) electrons. The second-order valence-electron chi connectivity index (χ2n) is 4.40. The van der Waals surface area contributed by atoms with E-state index >= 15 is 0 Å². The predicted octanol–water partition coefficient (Wildman–Crippen LogP) is 2.42. The van der Waals surface area contributed by atoms with Crippen LogP contribution < -0.4 is 0 Å². The summed E-state index contributed by atoms with van der Waals surface area (Å²) in [5.41, 5.74) is -0.544. The first kappa shape index (κ1) is 14.2. The lowest BCUT2D eigenvalue weighted by atomic mass is 10.1. The molecular formula is C11H10ClIN4O2. The molecule has 2 aromatic rings. The van der Waals surface area contributed by atoms with Gasteiger partial charge in [-0.05, 0) is 65.1 Å². The first-order valence-electron chi connectivity index (χ1n) is 5.31. The van der Waals surface area contributed by atoms with Crippen molar-refractivity contribution in [2.75, 3.05) is 0 Å². The highest BCUT2D eigenvalue weighted by Gasteiger charge is 2.34. The van der Waals surface area contributed by atoms with Crippen LogP contribution in [0, 0.1) is 3.57 Å². The number of carbonyl (C=O) groups is 1. The molecular weight excluding hydrogens is 383 g/mol. The largest absolute Gasteiger partial charge is 0.479 e. The minimum atomic E-state index is -1.25. The second-order valence-corrected chi connectivity index (χ2v) is 6.00. The average molecular weight is 393 g/mol. The summed E-state index contributed by atoms with van der Waals surface area (Å²) in [5, 5.41) is 21.1. The quantitative estimate of drug-likeness (QED) is 0.812. The van der Waals surface area contributed by atoms with Crippen molar-refractivity contribution in [1.29, 1.82) is 0 Å². The maximum Gasteiger partial charge on any atom is 0.331 e. The molecule has 100 valence electrons. The number of hydrogen-bond acceptors (Lipinski definition) is 4. The molecule has 1 aromatic heterocycles. The van der Waals surface area contributed by atoms with E-state index in [0.29, 0.717) is 16.4 Å². The van der Waals surface area contributed by atoms with Crippen LogP contribution in [-0.4, -0.2) is 31.3 Å². The number of carboxylic acids is 1. The fourth-order valence-corrected chi connectivity index (χ4v) is 2.24. The number of hydrogen-bond donors (Lipinski definition) is 1. The van der Waals surface area contributed by atoms with Gasteiger partial charge in [0, 0.05) is 14.2 Å². The minimum Gasteiger partial charge on any atom is -0.479 e. The van der Waals surface area contributed by atoms with E-state index in [4.69, 9.17) is 11.6 Å². The van der Waals surface area contributed by atoms with Crippen molar-refractivity contribution in [3.8, 4) is 11.4 Å². The van der Waals surface area contributed by atoms with Gasteiger partial charge in [0.15, 0.2) is 11.4 Å². The highest BCUT2D eigenvalue weighted by molar-refractivity contribution is 14.1. The summed E-state index contributed by atoms with van der Waals surface area (Å²) in [6.45, 7) is 3.07. The zero-order valence-corrected chi connectivity index (χ0v) is 13.0. The Kier molecular flexibility index (Phi) is 3.77. The Morgan fingerprint density at radius 3 is 2.79 bits per heavy atom. The molecule has 6 nitrogen and oxygen atoms in total. The van der Waals surface area contributed by atoms with Crippen LogP contribution in [-0.2, 0) is 10.3 Å². The maximum absolute atomic E-state index is 11.3. The number of tetrazole rings is 1. The normalized spacial score (nSPS) is 11.6. The molecule has 0 aliphatic heterocycles. The third-order valence-electron chi connectivity index (χ3n) is 2.69. The SMILES string of the molecule is CC(C)(C(=O)O)n1nnnc1-c1cc(Cl)ccc1I. The van der Waals surface area contributed by atoms with Crippen molar-refractivity contribution >= 4 is 40.2 Å². The van der Waals surface area contributed by atoms with E-state index < -0.39 is 11.5 Å². The molecule has 0 aliphatic carbocycles. The van der Waals surface area contributed by atoms with Crippen LogP contribution in [0.2, 0.25) is 5.02 Å². The standard InChI is InChI=1S/C11H10ClIN4O2/c1-11(2,10(18)19)17-9(14-15-16-17)7-5-6(12)3-4-8(7)13/h3-5H,1-2H3,(H,18,19). The van der Waals surface area contributed by atoms with Crippen LogP contribution in [0.25, 0.3) is 11.4 Å². The zero-order valence-electron chi connectivity index (χ0n) is 10.1. The van der Waals surface area contributed by atoms with Crippen molar-refractivity contribution in [1.82, 2.24) is 20.2 Å². The molecule has 0 amide bonds. The average Bonchev–Trinajstić information content (AvgIpc) is 2.81. The number of aromatic nitrogens is 4. The predicted molar refractivity (Wildman–Crippen MR) is 77.9 cm³/mol. The van der Waals surface area contributed by atoms with Crippen LogP contribution in [0.5, 0.6) is 0 Å². The Hall–Kier alpha value is -1.22. The fourth-order valence-electron chi connectivity index (χ4n) is 1.49. The number of halogens is 2. The Bertz CT molecular complexity index is 641. The Balaban J connectivity index is 2.63. The van der Waals surface area contributed by atoms with E-state index in [2.05, 4.69) is 38.1 Å². The molecule has 0 aliphatic rings. The van der Waals surface area contributed by atoms with Gasteiger partial charge in [-0.15, -0.1) is 5.10 Å². The first-order chi connectivity index (χ1) is 8.84. The van der Waals surface area contributed by atoms with E-state index in [1.807, 2.05) is 6.07 Å². The van der Waals surface area contributed by atoms with Crippen molar-refractivity contribution in [3.63, 3.8) is 0 Å². The third kappa shape index (κ3) is 2.57. The summed E-state index contributed by atoms with van der Waals surface area (Å²) in [6.07, 6.45) is 0. The van der Waals surface area contributed by atoms with Gasteiger partial charge < -0.3 is 5.11 Å². The van der Waals surface area contributed by atoms with Crippen molar-refractivity contribution in [3.05, 3.63) is 26.8 Å². The molecule has 1 aromatic carbocycles.